The van der Waals surface area contributed by atoms with E-state index in [-0.39, 0.29) is 0 Å². The molecule has 0 amide bonds. The summed E-state index contributed by atoms with van der Waals surface area (Å²) in [4.78, 5) is 5.13. The average Bonchev–Trinajstić information content (AvgIpc) is 3.14. The van der Waals surface area contributed by atoms with E-state index in [0.29, 0.717) is 0 Å². The van der Waals surface area contributed by atoms with E-state index in [1.807, 2.05) is 12.1 Å². The van der Waals surface area contributed by atoms with Crippen LogP contribution in [-0.2, 0) is 0 Å². The fourth-order valence-electron chi connectivity index (χ4n) is 4.36. The molecule has 0 unspecified atom stereocenters. The van der Waals surface area contributed by atoms with Crippen molar-refractivity contribution in [3.63, 3.8) is 0 Å². The lowest BCUT2D eigenvalue weighted by atomic mass is 9.97. The number of hydrogen-bond acceptors (Lipinski definition) is 2. The van der Waals surface area contributed by atoms with Crippen LogP contribution in [-0.4, -0.2) is 4.98 Å². The molecule has 0 N–H and O–H groups in total. The van der Waals surface area contributed by atoms with E-state index in [4.69, 9.17) is 9.40 Å². The summed E-state index contributed by atoms with van der Waals surface area (Å²) >= 11 is 0. The molecule has 0 aliphatic heterocycles. The van der Waals surface area contributed by atoms with Crippen molar-refractivity contribution in [3.05, 3.63) is 90.0 Å². The van der Waals surface area contributed by atoms with E-state index < -0.39 is 0 Å². The van der Waals surface area contributed by atoms with Gasteiger partial charge in [0, 0.05) is 21.7 Å². The van der Waals surface area contributed by atoms with Crippen molar-refractivity contribution in [2.24, 2.45) is 0 Å². The second-order valence-corrected chi connectivity index (χ2v) is 7.74. The van der Waals surface area contributed by atoms with E-state index in [1.54, 1.807) is 0 Å². The molecule has 2 aromatic heterocycles. The third kappa shape index (κ3) is 2.32. The highest BCUT2D eigenvalue weighted by Crippen LogP contribution is 2.41. The SMILES string of the molecule is Cc1cc2nc(-c3cccc4ccccc34)c3oc4ccccc4c3c2cc1C. The predicted octanol–water partition coefficient (Wildman–Crippen LogP) is 7.57. The molecular formula is C27H19NO. The molecule has 6 rings (SSSR count). The number of aromatic nitrogens is 1. The highest BCUT2D eigenvalue weighted by molar-refractivity contribution is 6.21. The molecule has 0 radical (unpaired) electrons. The van der Waals surface area contributed by atoms with Crippen LogP contribution in [0.5, 0.6) is 0 Å². The van der Waals surface area contributed by atoms with Crippen LogP contribution in [0.15, 0.2) is 83.3 Å². The molecule has 0 fully saturated rings. The Balaban J connectivity index is 1.86. The van der Waals surface area contributed by atoms with Crippen LogP contribution >= 0.6 is 0 Å². The van der Waals surface area contributed by atoms with Crippen LogP contribution in [0.25, 0.3) is 54.9 Å². The lowest BCUT2D eigenvalue weighted by Gasteiger charge is -2.10. The van der Waals surface area contributed by atoms with Crippen molar-refractivity contribution in [1.29, 1.82) is 0 Å². The van der Waals surface area contributed by atoms with Crippen LogP contribution in [0.3, 0.4) is 0 Å². The van der Waals surface area contributed by atoms with E-state index in [0.717, 1.165) is 44.1 Å². The zero-order chi connectivity index (χ0) is 19.5. The van der Waals surface area contributed by atoms with Gasteiger partial charge in [0.05, 0.1) is 5.52 Å². The highest BCUT2D eigenvalue weighted by atomic mass is 16.3. The van der Waals surface area contributed by atoms with Crippen LogP contribution in [0.4, 0.5) is 0 Å². The smallest absolute Gasteiger partial charge is 0.162 e. The standard InChI is InChI=1S/C27H19NO/c1-16-14-22-23(15-17(16)2)28-26(20-12-7-9-18-8-3-4-10-19(18)20)27-25(22)21-11-5-6-13-24(21)29-27/h3-15H,1-2H3. The second-order valence-electron chi connectivity index (χ2n) is 7.74. The van der Waals surface area contributed by atoms with Gasteiger partial charge >= 0.3 is 0 Å². The molecule has 0 aliphatic rings. The van der Waals surface area contributed by atoms with Crippen molar-refractivity contribution in [2.75, 3.05) is 0 Å². The average molecular weight is 373 g/mol. The quantitative estimate of drug-likeness (QED) is 0.297. The molecule has 0 saturated heterocycles. The largest absolute Gasteiger partial charge is 0.454 e. The molecule has 29 heavy (non-hydrogen) atoms. The molecule has 2 heteroatoms. The van der Waals surface area contributed by atoms with Crippen LogP contribution in [0, 0.1) is 13.8 Å². The molecule has 2 nitrogen and oxygen atoms in total. The molecule has 0 bridgehead atoms. The van der Waals surface area contributed by atoms with Gasteiger partial charge in [-0.05, 0) is 53.9 Å². The zero-order valence-corrected chi connectivity index (χ0v) is 16.4. The van der Waals surface area contributed by atoms with Crippen LogP contribution in [0.1, 0.15) is 11.1 Å². The summed E-state index contributed by atoms with van der Waals surface area (Å²) in [5, 5.41) is 5.83. The second kappa shape index (κ2) is 5.92. The third-order valence-electron chi connectivity index (χ3n) is 5.97. The molecule has 0 atom stereocenters. The fourth-order valence-corrected chi connectivity index (χ4v) is 4.36. The topological polar surface area (TPSA) is 26.0 Å². The highest BCUT2D eigenvalue weighted by Gasteiger charge is 2.19. The summed E-state index contributed by atoms with van der Waals surface area (Å²) in [5.74, 6) is 0. The number of furan rings is 1. The minimum atomic E-state index is 0.860. The monoisotopic (exact) mass is 373 g/mol. The van der Waals surface area contributed by atoms with Gasteiger partial charge < -0.3 is 4.42 Å². The van der Waals surface area contributed by atoms with Gasteiger partial charge in [0.15, 0.2) is 5.58 Å². The van der Waals surface area contributed by atoms with Crippen LogP contribution in [0.2, 0.25) is 0 Å². The normalized spacial score (nSPS) is 11.8. The van der Waals surface area contributed by atoms with Gasteiger partial charge in [-0.25, -0.2) is 4.98 Å². The molecular weight excluding hydrogens is 354 g/mol. The molecule has 4 aromatic carbocycles. The molecule has 0 aliphatic carbocycles. The predicted molar refractivity (Wildman–Crippen MR) is 121 cm³/mol. The van der Waals surface area contributed by atoms with Crippen molar-refractivity contribution in [2.45, 2.75) is 13.8 Å². The lowest BCUT2D eigenvalue weighted by molar-refractivity contribution is 0.669. The summed E-state index contributed by atoms with van der Waals surface area (Å²) in [7, 11) is 0. The maximum absolute atomic E-state index is 6.40. The van der Waals surface area contributed by atoms with E-state index in [2.05, 4.69) is 80.6 Å². The number of nitrogens with zero attached hydrogens (tertiary/aromatic N) is 1. The lowest BCUT2D eigenvalue weighted by Crippen LogP contribution is -1.91. The number of pyridine rings is 1. The molecule has 0 spiro atoms. The van der Waals surface area contributed by atoms with Gasteiger partial charge in [0.25, 0.3) is 0 Å². The summed E-state index contributed by atoms with van der Waals surface area (Å²) in [6, 6.07) is 27.5. The van der Waals surface area contributed by atoms with Crippen molar-refractivity contribution >= 4 is 43.6 Å². The molecule has 2 heterocycles. The Hall–Kier alpha value is -3.65. The van der Waals surface area contributed by atoms with E-state index in [9.17, 15) is 0 Å². The first-order valence-electron chi connectivity index (χ1n) is 9.91. The summed E-state index contributed by atoms with van der Waals surface area (Å²) < 4.78 is 6.40. The number of hydrogen-bond donors (Lipinski definition) is 0. The van der Waals surface area contributed by atoms with Gasteiger partial charge in [0.1, 0.15) is 11.3 Å². The fraction of sp³-hybridized carbons (Fsp3) is 0.0741. The Labute approximate surface area is 168 Å². The third-order valence-corrected chi connectivity index (χ3v) is 5.97. The van der Waals surface area contributed by atoms with Gasteiger partial charge in [0.2, 0.25) is 0 Å². The van der Waals surface area contributed by atoms with E-state index in [1.165, 1.54) is 21.9 Å². The number of benzene rings is 4. The molecule has 0 saturated carbocycles. The Morgan fingerprint density at radius 2 is 1.41 bits per heavy atom. The molecule has 6 aromatic rings. The molecule has 138 valence electrons. The first kappa shape index (κ1) is 16.3. The Kier molecular flexibility index (Phi) is 3.33. The number of fused-ring (bicyclic) bond motifs is 6. The minimum Gasteiger partial charge on any atom is -0.454 e. The Morgan fingerprint density at radius 3 is 2.31 bits per heavy atom. The Bertz CT molecular complexity index is 1570. The summed E-state index contributed by atoms with van der Waals surface area (Å²) in [5.41, 5.74) is 7.30. The van der Waals surface area contributed by atoms with Gasteiger partial charge in [-0.2, -0.15) is 0 Å². The minimum absolute atomic E-state index is 0.860. The maximum atomic E-state index is 6.40. The first-order chi connectivity index (χ1) is 14.2. The Morgan fingerprint density at radius 1 is 0.690 bits per heavy atom. The zero-order valence-electron chi connectivity index (χ0n) is 16.4. The van der Waals surface area contributed by atoms with Crippen LogP contribution < -0.4 is 0 Å². The van der Waals surface area contributed by atoms with Crippen molar-refractivity contribution in [3.8, 4) is 11.3 Å². The summed E-state index contributed by atoms with van der Waals surface area (Å²) in [6.45, 7) is 4.30. The number of para-hydroxylation sites is 1. The first-order valence-corrected chi connectivity index (χ1v) is 9.91. The van der Waals surface area contributed by atoms with Gasteiger partial charge in [-0.3, -0.25) is 0 Å². The number of aryl methyl sites for hydroxylation is 2. The summed E-state index contributed by atoms with van der Waals surface area (Å²) in [6.07, 6.45) is 0. The van der Waals surface area contributed by atoms with Gasteiger partial charge in [-0.15, -0.1) is 0 Å². The van der Waals surface area contributed by atoms with Crippen molar-refractivity contribution in [1.82, 2.24) is 4.98 Å². The maximum Gasteiger partial charge on any atom is 0.162 e. The van der Waals surface area contributed by atoms with Crippen molar-refractivity contribution < 1.29 is 4.42 Å². The van der Waals surface area contributed by atoms with E-state index >= 15 is 0 Å². The number of rotatable bonds is 1. The van der Waals surface area contributed by atoms with Gasteiger partial charge in [-0.1, -0.05) is 60.7 Å².